The van der Waals surface area contributed by atoms with Crippen molar-refractivity contribution in [2.45, 2.75) is 32.3 Å². The summed E-state index contributed by atoms with van der Waals surface area (Å²) in [5.41, 5.74) is 2.94. The Kier molecular flexibility index (Phi) is 7.53. The molecule has 184 valence electrons. The van der Waals surface area contributed by atoms with Gasteiger partial charge in [0.05, 0.1) is 24.3 Å². The number of oxime groups is 1. The lowest BCUT2D eigenvalue weighted by molar-refractivity contribution is -0.0499. The SMILES string of the molecule is COCCOc1cccc(Cn2cc(C3=NOC(c4ccc(C(C)(C)OC)cc4)O3)ccc2=O)c1. The van der Waals surface area contributed by atoms with Crippen LogP contribution in [0.1, 0.15) is 42.4 Å². The Labute approximate surface area is 204 Å². The van der Waals surface area contributed by atoms with Gasteiger partial charge < -0.3 is 28.4 Å². The molecule has 0 N–H and O–H groups in total. The van der Waals surface area contributed by atoms with Gasteiger partial charge >= 0.3 is 0 Å². The summed E-state index contributed by atoms with van der Waals surface area (Å²) in [6.07, 6.45) is 1.06. The summed E-state index contributed by atoms with van der Waals surface area (Å²) in [4.78, 5) is 18.0. The van der Waals surface area contributed by atoms with Crippen molar-refractivity contribution < 1.29 is 23.8 Å². The third kappa shape index (κ3) is 5.90. The van der Waals surface area contributed by atoms with E-state index in [0.29, 0.717) is 31.2 Å². The summed E-state index contributed by atoms with van der Waals surface area (Å²) in [5, 5.41) is 4.11. The van der Waals surface area contributed by atoms with Crippen LogP contribution >= 0.6 is 0 Å². The van der Waals surface area contributed by atoms with Crippen LogP contribution < -0.4 is 10.3 Å². The highest BCUT2D eigenvalue weighted by molar-refractivity contribution is 5.94. The van der Waals surface area contributed by atoms with E-state index in [-0.39, 0.29) is 11.2 Å². The van der Waals surface area contributed by atoms with E-state index in [1.165, 1.54) is 6.07 Å². The zero-order valence-electron chi connectivity index (χ0n) is 20.4. The number of benzene rings is 2. The molecule has 2 aromatic carbocycles. The second-order valence-electron chi connectivity index (χ2n) is 8.66. The van der Waals surface area contributed by atoms with E-state index < -0.39 is 6.29 Å². The first-order chi connectivity index (χ1) is 16.9. The Morgan fingerprint density at radius 2 is 1.83 bits per heavy atom. The number of methoxy groups -OCH3 is 2. The Balaban J connectivity index is 1.45. The van der Waals surface area contributed by atoms with E-state index in [4.69, 9.17) is 23.8 Å². The molecular formula is C27H30N2O6. The second kappa shape index (κ2) is 10.8. The summed E-state index contributed by atoms with van der Waals surface area (Å²) < 4.78 is 23.8. The summed E-state index contributed by atoms with van der Waals surface area (Å²) in [5.74, 6) is 1.05. The van der Waals surface area contributed by atoms with Crippen LogP contribution in [0, 0.1) is 0 Å². The van der Waals surface area contributed by atoms with E-state index in [9.17, 15) is 4.79 Å². The lowest BCUT2D eigenvalue weighted by Gasteiger charge is -2.23. The van der Waals surface area contributed by atoms with Crippen molar-refractivity contribution in [2.75, 3.05) is 27.4 Å². The van der Waals surface area contributed by atoms with E-state index >= 15 is 0 Å². The molecule has 0 spiro atoms. The molecule has 0 bridgehead atoms. The molecule has 1 aliphatic rings. The molecule has 1 atom stereocenters. The van der Waals surface area contributed by atoms with Crippen molar-refractivity contribution in [1.82, 2.24) is 4.57 Å². The topological polar surface area (TPSA) is 80.5 Å². The largest absolute Gasteiger partial charge is 0.491 e. The maximum absolute atomic E-state index is 12.5. The predicted octanol–water partition coefficient (Wildman–Crippen LogP) is 4.21. The van der Waals surface area contributed by atoms with Gasteiger partial charge in [-0.25, -0.2) is 0 Å². The lowest BCUT2D eigenvalue weighted by atomic mass is 9.97. The third-order valence-electron chi connectivity index (χ3n) is 5.88. The van der Waals surface area contributed by atoms with Gasteiger partial charge in [0.1, 0.15) is 12.4 Å². The van der Waals surface area contributed by atoms with Crippen molar-refractivity contribution in [1.29, 1.82) is 0 Å². The summed E-state index contributed by atoms with van der Waals surface area (Å²) in [6, 6.07) is 18.6. The number of hydrogen-bond acceptors (Lipinski definition) is 7. The van der Waals surface area contributed by atoms with Crippen molar-refractivity contribution in [2.24, 2.45) is 5.16 Å². The Morgan fingerprint density at radius 3 is 2.57 bits per heavy atom. The molecule has 2 heterocycles. The van der Waals surface area contributed by atoms with Gasteiger partial charge in [-0.1, -0.05) is 36.4 Å². The predicted molar refractivity (Wildman–Crippen MR) is 132 cm³/mol. The first kappa shape index (κ1) is 24.5. The molecule has 0 aliphatic carbocycles. The van der Waals surface area contributed by atoms with Crippen molar-refractivity contribution in [3.63, 3.8) is 0 Å². The van der Waals surface area contributed by atoms with Crippen molar-refractivity contribution in [3.05, 3.63) is 99.5 Å². The van der Waals surface area contributed by atoms with Crippen LogP contribution in [0.5, 0.6) is 5.75 Å². The molecule has 8 nitrogen and oxygen atoms in total. The molecule has 1 aromatic heterocycles. The zero-order valence-corrected chi connectivity index (χ0v) is 20.4. The standard InChI is InChI=1S/C27H30N2O6/c1-27(2,32-4)22-11-8-20(9-12-22)26-34-25(28-35-26)21-10-13-24(30)29(18-21)17-19-6-5-7-23(16-19)33-15-14-31-3/h5-13,16,18,26H,14-15,17H2,1-4H3. The quantitative estimate of drug-likeness (QED) is 0.406. The van der Waals surface area contributed by atoms with Gasteiger partial charge in [0, 0.05) is 32.0 Å². The highest BCUT2D eigenvalue weighted by Crippen LogP contribution is 2.30. The summed E-state index contributed by atoms with van der Waals surface area (Å²) >= 11 is 0. The average molecular weight is 479 g/mol. The number of pyridine rings is 1. The fraction of sp³-hybridized carbons (Fsp3) is 0.333. The smallest absolute Gasteiger partial charge is 0.293 e. The maximum Gasteiger partial charge on any atom is 0.293 e. The molecule has 0 fully saturated rings. The van der Waals surface area contributed by atoms with Gasteiger partial charge in [-0.2, -0.15) is 0 Å². The number of hydrogen-bond donors (Lipinski definition) is 0. The van der Waals surface area contributed by atoms with Crippen LogP contribution in [0.25, 0.3) is 0 Å². The molecule has 35 heavy (non-hydrogen) atoms. The minimum Gasteiger partial charge on any atom is -0.491 e. The molecule has 4 rings (SSSR count). The first-order valence-electron chi connectivity index (χ1n) is 11.4. The van der Waals surface area contributed by atoms with E-state index in [0.717, 1.165) is 22.4 Å². The van der Waals surface area contributed by atoms with E-state index in [1.54, 1.807) is 31.0 Å². The second-order valence-corrected chi connectivity index (χ2v) is 8.66. The Hall–Kier alpha value is -3.62. The Bertz CT molecular complexity index is 1230. The van der Waals surface area contributed by atoms with Crippen LogP contribution in [0.15, 0.2) is 76.8 Å². The highest BCUT2D eigenvalue weighted by Gasteiger charge is 2.26. The van der Waals surface area contributed by atoms with E-state index in [1.807, 2.05) is 62.4 Å². The summed E-state index contributed by atoms with van der Waals surface area (Å²) in [7, 11) is 3.31. The minimum absolute atomic E-state index is 0.133. The van der Waals surface area contributed by atoms with Crippen LogP contribution in [0.3, 0.4) is 0 Å². The normalized spacial score (nSPS) is 15.3. The fourth-order valence-corrected chi connectivity index (χ4v) is 3.60. The molecule has 0 saturated heterocycles. The van der Waals surface area contributed by atoms with Crippen molar-refractivity contribution >= 4 is 5.90 Å². The molecular weight excluding hydrogens is 448 g/mol. The molecule has 8 heteroatoms. The average Bonchev–Trinajstić information content (AvgIpc) is 3.36. The Morgan fingerprint density at radius 1 is 1.03 bits per heavy atom. The highest BCUT2D eigenvalue weighted by atomic mass is 16.8. The molecule has 0 saturated carbocycles. The van der Waals surface area contributed by atoms with Crippen molar-refractivity contribution in [3.8, 4) is 5.75 Å². The fourth-order valence-electron chi connectivity index (χ4n) is 3.60. The maximum atomic E-state index is 12.5. The molecule has 1 aliphatic heterocycles. The monoisotopic (exact) mass is 478 g/mol. The van der Waals surface area contributed by atoms with Gasteiger partial charge in [-0.3, -0.25) is 4.79 Å². The molecule has 0 radical (unpaired) electrons. The van der Waals surface area contributed by atoms with Crippen LogP contribution in [-0.2, 0) is 31.2 Å². The van der Waals surface area contributed by atoms with Gasteiger partial charge in [0.15, 0.2) is 0 Å². The summed E-state index contributed by atoms with van der Waals surface area (Å²) in [6.45, 7) is 5.35. The minimum atomic E-state index is -0.661. The molecule has 3 aromatic rings. The number of nitrogens with zero attached hydrogens (tertiary/aromatic N) is 2. The number of ether oxygens (including phenoxy) is 4. The van der Waals surface area contributed by atoms with Gasteiger partial charge in [-0.15, -0.1) is 0 Å². The van der Waals surface area contributed by atoms with Crippen LogP contribution in [0.2, 0.25) is 0 Å². The number of aromatic nitrogens is 1. The van der Waals surface area contributed by atoms with Crippen LogP contribution in [-0.4, -0.2) is 37.9 Å². The lowest BCUT2D eigenvalue weighted by Crippen LogP contribution is -2.21. The zero-order chi connectivity index (χ0) is 24.8. The van der Waals surface area contributed by atoms with Crippen LogP contribution in [0.4, 0.5) is 0 Å². The molecule has 0 amide bonds. The molecule has 1 unspecified atom stereocenters. The van der Waals surface area contributed by atoms with Gasteiger partial charge in [0.2, 0.25) is 0 Å². The van der Waals surface area contributed by atoms with Gasteiger partial charge in [0.25, 0.3) is 17.7 Å². The van der Waals surface area contributed by atoms with Gasteiger partial charge in [-0.05, 0) is 48.3 Å². The first-order valence-corrected chi connectivity index (χ1v) is 11.4. The van der Waals surface area contributed by atoms with E-state index in [2.05, 4.69) is 5.16 Å². The number of rotatable bonds is 10. The third-order valence-corrected chi connectivity index (χ3v) is 5.88.